The van der Waals surface area contributed by atoms with E-state index < -0.39 is 0 Å². The quantitative estimate of drug-likeness (QED) is 0.823. The van der Waals surface area contributed by atoms with Crippen molar-refractivity contribution in [2.45, 2.75) is 25.4 Å². The summed E-state index contributed by atoms with van der Waals surface area (Å²) in [4.78, 5) is 2.00. The summed E-state index contributed by atoms with van der Waals surface area (Å²) in [5.41, 5.74) is 0. The summed E-state index contributed by atoms with van der Waals surface area (Å²) in [5, 5.41) is 12.2. The molecular weight excluding hydrogens is 220 g/mol. The minimum Gasteiger partial charge on any atom is -0.383 e. The second-order valence-corrected chi connectivity index (χ2v) is 5.33. The van der Waals surface area contributed by atoms with E-state index in [-0.39, 0.29) is 0 Å². The smallest absolute Gasteiger partial charge is 0.110 e. The molecule has 1 N–H and O–H groups in total. The third-order valence-corrected chi connectivity index (χ3v) is 3.84. The standard InChI is InChI=1S/C12H16N2OS/c1-15-8-12(9-2-3-9)14-7-11-5-4-10(6-13)16-11/h4-5,9,12,14H,2-3,7-8H2,1H3. The van der Waals surface area contributed by atoms with Gasteiger partial charge in [-0.2, -0.15) is 5.26 Å². The Morgan fingerprint density at radius 3 is 3.00 bits per heavy atom. The van der Waals surface area contributed by atoms with Gasteiger partial charge in [-0.25, -0.2) is 0 Å². The average Bonchev–Trinajstić information content (AvgIpc) is 3.03. The van der Waals surface area contributed by atoms with Gasteiger partial charge in [0.15, 0.2) is 0 Å². The number of hydrogen-bond donors (Lipinski definition) is 1. The maximum absolute atomic E-state index is 8.73. The van der Waals surface area contributed by atoms with Crippen molar-refractivity contribution >= 4 is 11.3 Å². The highest BCUT2D eigenvalue weighted by atomic mass is 32.1. The van der Waals surface area contributed by atoms with Crippen LogP contribution >= 0.6 is 11.3 Å². The fraction of sp³-hybridized carbons (Fsp3) is 0.583. The Kier molecular flexibility index (Phi) is 3.94. The van der Waals surface area contributed by atoms with Crippen molar-refractivity contribution in [3.8, 4) is 6.07 Å². The fourth-order valence-electron chi connectivity index (χ4n) is 1.80. The molecule has 1 aromatic rings. The van der Waals surface area contributed by atoms with Crippen LogP contribution in [0.1, 0.15) is 22.6 Å². The molecule has 0 radical (unpaired) electrons. The molecule has 1 fully saturated rings. The molecule has 0 amide bonds. The lowest BCUT2D eigenvalue weighted by Gasteiger charge is -2.16. The van der Waals surface area contributed by atoms with Gasteiger partial charge in [-0.3, -0.25) is 0 Å². The molecule has 1 saturated carbocycles. The number of methoxy groups -OCH3 is 1. The van der Waals surface area contributed by atoms with Crippen molar-refractivity contribution < 1.29 is 4.74 Å². The van der Waals surface area contributed by atoms with Gasteiger partial charge in [0.1, 0.15) is 10.9 Å². The van der Waals surface area contributed by atoms with Crippen molar-refractivity contribution in [1.29, 1.82) is 5.26 Å². The number of rotatable bonds is 6. The number of thiophene rings is 1. The maximum Gasteiger partial charge on any atom is 0.110 e. The van der Waals surface area contributed by atoms with Crippen LogP contribution in [0.2, 0.25) is 0 Å². The topological polar surface area (TPSA) is 45.0 Å². The van der Waals surface area contributed by atoms with Gasteiger partial charge in [0.2, 0.25) is 0 Å². The highest BCUT2D eigenvalue weighted by Crippen LogP contribution is 2.33. The molecule has 4 heteroatoms. The van der Waals surface area contributed by atoms with Crippen LogP contribution in [0.4, 0.5) is 0 Å². The van der Waals surface area contributed by atoms with Gasteiger partial charge in [-0.05, 0) is 30.9 Å². The first-order valence-electron chi connectivity index (χ1n) is 5.54. The third-order valence-electron chi connectivity index (χ3n) is 2.85. The van der Waals surface area contributed by atoms with Gasteiger partial charge in [0.25, 0.3) is 0 Å². The van der Waals surface area contributed by atoms with Crippen LogP contribution in [0.5, 0.6) is 0 Å². The minimum atomic E-state index is 0.470. The van der Waals surface area contributed by atoms with Crippen molar-refractivity contribution in [3.63, 3.8) is 0 Å². The first kappa shape index (κ1) is 11.6. The van der Waals surface area contributed by atoms with Crippen LogP contribution in [0, 0.1) is 17.2 Å². The van der Waals surface area contributed by atoms with E-state index in [1.54, 1.807) is 18.4 Å². The highest BCUT2D eigenvalue weighted by molar-refractivity contribution is 7.12. The van der Waals surface area contributed by atoms with Gasteiger partial charge in [-0.1, -0.05) is 0 Å². The zero-order valence-corrected chi connectivity index (χ0v) is 10.2. The SMILES string of the molecule is COCC(NCc1ccc(C#N)s1)C1CC1. The lowest BCUT2D eigenvalue weighted by Crippen LogP contribution is -2.34. The lowest BCUT2D eigenvalue weighted by molar-refractivity contribution is 0.157. The molecule has 0 aliphatic heterocycles. The van der Waals surface area contributed by atoms with Crippen LogP contribution in [0.25, 0.3) is 0 Å². The van der Waals surface area contributed by atoms with Crippen LogP contribution in [0.15, 0.2) is 12.1 Å². The first-order valence-corrected chi connectivity index (χ1v) is 6.36. The summed E-state index contributed by atoms with van der Waals surface area (Å²) in [5.74, 6) is 0.787. The molecular formula is C12H16N2OS. The first-order chi connectivity index (χ1) is 7.83. The summed E-state index contributed by atoms with van der Waals surface area (Å²) >= 11 is 1.56. The molecule has 0 bridgehead atoms. The van der Waals surface area contributed by atoms with E-state index in [9.17, 15) is 0 Å². The van der Waals surface area contributed by atoms with E-state index in [1.165, 1.54) is 17.7 Å². The molecule has 1 heterocycles. The van der Waals surface area contributed by atoms with Crippen LogP contribution in [0.3, 0.4) is 0 Å². The second kappa shape index (κ2) is 5.44. The Morgan fingerprint density at radius 2 is 2.44 bits per heavy atom. The number of hydrogen-bond acceptors (Lipinski definition) is 4. The van der Waals surface area contributed by atoms with E-state index >= 15 is 0 Å². The molecule has 1 unspecified atom stereocenters. The second-order valence-electron chi connectivity index (χ2n) is 4.16. The molecule has 16 heavy (non-hydrogen) atoms. The van der Waals surface area contributed by atoms with E-state index in [4.69, 9.17) is 10.00 Å². The fourth-order valence-corrected chi connectivity index (χ4v) is 2.56. The zero-order chi connectivity index (χ0) is 11.4. The van der Waals surface area contributed by atoms with Crippen LogP contribution in [-0.2, 0) is 11.3 Å². The van der Waals surface area contributed by atoms with Gasteiger partial charge in [0.05, 0.1) is 6.61 Å². The average molecular weight is 236 g/mol. The Morgan fingerprint density at radius 1 is 1.62 bits per heavy atom. The monoisotopic (exact) mass is 236 g/mol. The molecule has 1 aliphatic carbocycles. The summed E-state index contributed by atoms with van der Waals surface area (Å²) < 4.78 is 5.21. The highest BCUT2D eigenvalue weighted by Gasteiger charge is 2.30. The molecule has 3 nitrogen and oxygen atoms in total. The lowest BCUT2D eigenvalue weighted by atomic mass is 10.2. The Bertz CT molecular complexity index is 379. The van der Waals surface area contributed by atoms with Gasteiger partial charge < -0.3 is 10.1 Å². The number of nitriles is 1. The molecule has 86 valence electrons. The van der Waals surface area contributed by atoms with Crippen molar-refractivity contribution in [1.82, 2.24) is 5.32 Å². The van der Waals surface area contributed by atoms with Crippen LogP contribution in [-0.4, -0.2) is 19.8 Å². The molecule has 0 saturated heterocycles. The Labute approximate surface area is 100 Å². The van der Waals surface area contributed by atoms with Crippen molar-refractivity contribution in [3.05, 3.63) is 21.9 Å². The van der Waals surface area contributed by atoms with E-state index in [2.05, 4.69) is 11.4 Å². The Hall–Kier alpha value is -0.890. The summed E-state index contributed by atoms with van der Waals surface area (Å²) in [6.07, 6.45) is 2.63. The molecule has 1 aliphatic rings. The summed E-state index contributed by atoms with van der Waals surface area (Å²) in [6.45, 7) is 1.62. The predicted octanol–water partition coefficient (Wildman–Crippen LogP) is 2.13. The largest absolute Gasteiger partial charge is 0.383 e. The van der Waals surface area contributed by atoms with Gasteiger partial charge in [-0.15, -0.1) is 11.3 Å². The van der Waals surface area contributed by atoms with E-state index in [0.29, 0.717) is 6.04 Å². The third kappa shape index (κ3) is 3.05. The molecule has 1 atom stereocenters. The minimum absolute atomic E-state index is 0.470. The van der Waals surface area contributed by atoms with Crippen molar-refractivity contribution in [2.75, 3.05) is 13.7 Å². The normalized spacial score (nSPS) is 17.0. The van der Waals surface area contributed by atoms with Gasteiger partial charge >= 0.3 is 0 Å². The zero-order valence-electron chi connectivity index (χ0n) is 9.40. The van der Waals surface area contributed by atoms with Crippen LogP contribution < -0.4 is 5.32 Å². The van der Waals surface area contributed by atoms with Crippen molar-refractivity contribution in [2.24, 2.45) is 5.92 Å². The summed E-state index contributed by atoms with van der Waals surface area (Å²) in [7, 11) is 1.75. The number of nitrogens with one attached hydrogen (secondary N) is 1. The predicted molar refractivity (Wildman–Crippen MR) is 64.3 cm³/mol. The van der Waals surface area contributed by atoms with E-state index in [1.807, 2.05) is 12.1 Å². The molecule has 1 aromatic heterocycles. The number of nitrogens with zero attached hydrogens (tertiary/aromatic N) is 1. The van der Waals surface area contributed by atoms with Gasteiger partial charge in [0, 0.05) is 24.6 Å². The van der Waals surface area contributed by atoms with E-state index in [0.717, 1.165) is 23.9 Å². The number of ether oxygens (including phenoxy) is 1. The molecule has 0 spiro atoms. The Balaban J connectivity index is 1.82. The maximum atomic E-state index is 8.73. The summed E-state index contributed by atoms with van der Waals surface area (Å²) in [6, 6.07) is 6.53. The molecule has 2 rings (SSSR count). The molecule has 0 aromatic carbocycles.